The van der Waals surface area contributed by atoms with E-state index in [1.165, 1.54) is 44.0 Å². The number of benzene rings is 2. The van der Waals surface area contributed by atoms with Gasteiger partial charge in [-0.2, -0.15) is 13.2 Å². The average molecular weight is 516 g/mol. The topological polar surface area (TPSA) is 100 Å². The number of amides is 2. The molecule has 1 aromatic heterocycles. The summed E-state index contributed by atoms with van der Waals surface area (Å²) in [5.74, 6) is -2.11. The molecule has 37 heavy (non-hydrogen) atoms. The number of anilines is 1. The lowest BCUT2D eigenvalue weighted by Crippen LogP contribution is -2.53. The Bertz CT molecular complexity index is 1300. The number of alkyl halides is 3. The molecule has 0 saturated heterocycles. The van der Waals surface area contributed by atoms with Crippen LogP contribution in [0.5, 0.6) is 0 Å². The van der Waals surface area contributed by atoms with Gasteiger partial charge in [0.25, 0.3) is 5.56 Å². The van der Waals surface area contributed by atoms with Crippen LogP contribution < -0.4 is 16.2 Å². The zero-order valence-electron chi connectivity index (χ0n) is 20.5. The zero-order valence-corrected chi connectivity index (χ0v) is 20.5. The fraction of sp³-hybridized carbons (Fsp3) is 0.296. The van der Waals surface area contributed by atoms with E-state index < -0.39 is 48.2 Å². The van der Waals surface area contributed by atoms with Crippen LogP contribution in [0.2, 0.25) is 0 Å². The molecule has 7 nitrogen and oxygen atoms in total. The molecule has 0 spiro atoms. The van der Waals surface area contributed by atoms with Gasteiger partial charge in [0.05, 0.1) is 11.7 Å². The van der Waals surface area contributed by atoms with E-state index in [0.717, 1.165) is 4.57 Å². The Morgan fingerprint density at radius 2 is 1.54 bits per heavy atom. The van der Waals surface area contributed by atoms with Crippen LogP contribution in [0.15, 0.2) is 71.5 Å². The molecule has 0 bridgehead atoms. The van der Waals surface area contributed by atoms with Crippen LogP contribution in [-0.2, 0) is 16.1 Å². The lowest BCUT2D eigenvalue weighted by molar-refractivity contribution is -0.215. The lowest BCUT2D eigenvalue weighted by atomic mass is 9.98. The van der Waals surface area contributed by atoms with E-state index in [1.807, 2.05) is 0 Å². The van der Waals surface area contributed by atoms with Gasteiger partial charge in [0.1, 0.15) is 12.2 Å². The molecule has 2 amide bonds. The summed E-state index contributed by atoms with van der Waals surface area (Å²) in [6.45, 7) is 3.47. The molecule has 0 fully saturated rings. The number of fused-ring (bicyclic) bond motifs is 1. The number of pyridine rings is 1. The maximum Gasteiger partial charge on any atom is 0.416 e. The highest BCUT2D eigenvalue weighted by Crippen LogP contribution is 2.32. The molecule has 1 aromatic carbocycles. The lowest BCUT2D eigenvalue weighted by Gasteiger charge is -2.29. The quantitative estimate of drug-likeness (QED) is 0.343. The predicted octanol–water partition coefficient (Wildman–Crippen LogP) is 4.20. The van der Waals surface area contributed by atoms with Crippen molar-refractivity contribution in [1.82, 2.24) is 9.88 Å². The van der Waals surface area contributed by atoms with Crippen LogP contribution in [0.4, 0.5) is 18.9 Å². The maximum absolute atomic E-state index is 13.0. The first-order valence-corrected chi connectivity index (χ1v) is 11.6. The van der Waals surface area contributed by atoms with Crippen molar-refractivity contribution in [3.8, 4) is 22.4 Å². The normalized spacial score (nSPS) is 13.2. The highest BCUT2D eigenvalue weighted by molar-refractivity contribution is 5.88. The summed E-state index contributed by atoms with van der Waals surface area (Å²) >= 11 is 0. The molecule has 2 atom stereocenters. The minimum absolute atomic E-state index is 0.0734. The van der Waals surface area contributed by atoms with Crippen LogP contribution >= 0.6 is 0 Å². The number of rotatable bonds is 7. The molecule has 3 N–H and O–H groups in total. The zero-order chi connectivity index (χ0) is 27.3. The van der Waals surface area contributed by atoms with Crippen molar-refractivity contribution in [2.45, 2.75) is 45.6 Å². The van der Waals surface area contributed by atoms with Crippen LogP contribution in [-0.4, -0.2) is 39.8 Å². The Hall–Kier alpha value is -3.92. The van der Waals surface area contributed by atoms with E-state index in [9.17, 15) is 32.7 Å². The second kappa shape index (κ2) is 11.4. The van der Waals surface area contributed by atoms with Crippen molar-refractivity contribution in [2.75, 3.05) is 5.32 Å². The van der Waals surface area contributed by atoms with Crippen molar-refractivity contribution < 1.29 is 27.9 Å². The molecular weight excluding hydrogens is 487 g/mol. The minimum atomic E-state index is -4.92. The molecule has 4 rings (SSSR count). The number of nitrogens with zero attached hydrogens (tertiary/aromatic N) is 1. The molecule has 0 radical (unpaired) electrons. The van der Waals surface area contributed by atoms with Gasteiger partial charge in [0.2, 0.25) is 11.8 Å². The fourth-order valence-corrected chi connectivity index (χ4v) is 3.75. The van der Waals surface area contributed by atoms with Gasteiger partial charge in [-0.05, 0) is 40.8 Å². The standard InChI is InChI=1S/C21H24F3N3O4.C6H4/c1-12(2)18(19(30)21(22,23)24)26-17(29)11-27-16(14-7-5-4-6-8-14)10-9-15(20(27)31)25-13(3)28;1-2-5-4-6(5)3-1/h4-10,12,18-19,30H,11H2,1-3H3,(H,25,28)(H,26,29);1-4H. The summed E-state index contributed by atoms with van der Waals surface area (Å²) in [6.07, 6.45) is -7.67. The highest BCUT2D eigenvalue weighted by Gasteiger charge is 2.45. The van der Waals surface area contributed by atoms with Crippen molar-refractivity contribution in [2.24, 2.45) is 5.92 Å². The van der Waals surface area contributed by atoms with E-state index in [1.54, 1.807) is 30.3 Å². The smallest absolute Gasteiger partial charge is 0.382 e. The molecule has 2 aliphatic carbocycles. The van der Waals surface area contributed by atoms with Crippen molar-refractivity contribution >= 4 is 17.5 Å². The predicted molar refractivity (Wildman–Crippen MR) is 135 cm³/mol. The number of carbonyl (C=O) groups is 2. The van der Waals surface area contributed by atoms with Crippen LogP contribution in [0.25, 0.3) is 22.4 Å². The molecule has 2 unspecified atom stereocenters. The number of aliphatic hydroxyl groups excluding tert-OH is 1. The van der Waals surface area contributed by atoms with Crippen molar-refractivity contribution in [3.05, 3.63) is 77.1 Å². The molecular formula is C27H28F3N3O4. The van der Waals surface area contributed by atoms with Crippen molar-refractivity contribution in [1.29, 1.82) is 0 Å². The molecule has 1 heterocycles. The molecule has 196 valence electrons. The number of hydrogen-bond acceptors (Lipinski definition) is 4. The van der Waals surface area contributed by atoms with Crippen LogP contribution in [0, 0.1) is 5.92 Å². The van der Waals surface area contributed by atoms with Crippen molar-refractivity contribution in [3.63, 3.8) is 0 Å². The summed E-state index contributed by atoms with van der Waals surface area (Å²) in [5.41, 5.74) is 3.02. The Labute approximate surface area is 211 Å². The Morgan fingerprint density at radius 1 is 0.946 bits per heavy atom. The second-order valence-corrected chi connectivity index (χ2v) is 8.98. The van der Waals surface area contributed by atoms with Gasteiger partial charge in [0.15, 0.2) is 6.10 Å². The third-order valence-corrected chi connectivity index (χ3v) is 5.69. The van der Waals surface area contributed by atoms with Gasteiger partial charge in [0, 0.05) is 6.92 Å². The van der Waals surface area contributed by atoms with Gasteiger partial charge in [-0.15, -0.1) is 0 Å². The monoisotopic (exact) mass is 515 g/mol. The van der Waals surface area contributed by atoms with E-state index in [-0.39, 0.29) is 5.69 Å². The van der Waals surface area contributed by atoms with Gasteiger partial charge in [-0.1, -0.05) is 62.4 Å². The summed E-state index contributed by atoms with van der Waals surface area (Å²) in [7, 11) is 0. The van der Waals surface area contributed by atoms with E-state index in [2.05, 4.69) is 34.9 Å². The summed E-state index contributed by atoms with van der Waals surface area (Å²) in [6, 6.07) is 18.4. The van der Waals surface area contributed by atoms with Gasteiger partial charge < -0.3 is 15.7 Å². The molecule has 2 aromatic rings. The SMILES string of the molecule is CC(=O)Nc1ccc(-c2ccccc2)n(CC(=O)NC(C(C)C)C(O)C(F)(F)F)c1=O.c1cc2cc-2c1. The number of carbonyl (C=O) groups excluding carboxylic acids is 2. The third-order valence-electron chi connectivity index (χ3n) is 5.69. The third kappa shape index (κ3) is 7.29. The second-order valence-electron chi connectivity index (χ2n) is 8.98. The Kier molecular flexibility index (Phi) is 8.54. The highest BCUT2D eigenvalue weighted by atomic mass is 19.4. The largest absolute Gasteiger partial charge is 0.416 e. The molecule has 0 aliphatic heterocycles. The first-order valence-electron chi connectivity index (χ1n) is 11.6. The molecule has 10 heteroatoms. The number of nitrogens with one attached hydrogen (secondary N) is 2. The molecule has 2 aliphatic rings. The fourth-order valence-electron chi connectivity index (χ4n) is 3.75. The van der Waals surface area contributed by atoms with E-state index in [4.69, 9.17) is 0 Å². The summed E-state index contributed by atoms with van der Waals surface area (Å²) in [4.78, 5) is 36.8. The number of hydrogen-bond donors (Lipinski definition) is 3. The van der Waals surface area contributed by atoms with E-state index in [0.29, 0.717) is 11.3 Å². The average Bonchev–Trinajstić information content (AvgIpc) is 3.43. The molecule has 0 saturated carbocycles. The first-order chi connectivity index (χ1) is 17.4. The van der Waals surface area contributed by atoms with E-state index >= 15 is 0 Å². The van der Waals surface area contributed by atoms with Gasteiger partial charge in [-0.3, -0.25) is 19.0 Å². The Morgan fingerprint density at radius 3 is 2.00 bits per heavy atom. The summed E-state index contributed by atoms with van der Waals surface area (Å²) < 4.78 is 40.0. The minimum Gasteiger partial charge on any atom is -0.382 e. The number of aliphatic hydroxyl groups is 1. The van der Waals surface area contributed by atoms with Crippen LogP contribution in [0.1, 0.15) is 20.8 Å². The Balaban J connectivity index is 0.000000542. The number of aromatic nitrogens is 1. The first kappa shape index (κ1) is 27.7. The van der Waals surface area contributed by atoms with Crippen LogP contribution in [0.3, 0.4) is 0 Å². The van der Waals surface area contributed by atoms with Gasteiger partial charge in [-0.25, -0.2) is 0 Å². The number of halogens is 3. The maximum atomic E-state index is 13.0. The summed E-state index contributed by atoms with van der Waals surface area (Å²) in [5, 5.41) is 14.2. The van der Waals surface area contributed by atoms with Gasteiger partial charge >= 0.3 is 6.18 Å².